The van der Waals surface area contributed by atoms with Crippen LogP contribution in [-0.4, -0.2) is 42.6 Å². The second-order valence-electron chi connectivity index (χ2n) is 6.59. The van der Waals surface area contributed by atoms with Gasteiger partial charge < -0.3 is 9.47 Å². The molecule has 25 heavy (non-hydrogen) atoms. The first kappa shape index (κ1) is 16.2. The third-order valence-corrected chi connectivity index (χ3v) is 6.97. The summed E-state index contributed by atoms with van der Waals surface area (Å²) in [7, 11) is -3.19. The maximum Gasteiger partial charge on any atom is 0.254 e. The van der Waals surface area contributed by atoms with Gasteiger partial charge in [0, 0.05) is 37.1 Å². The van der Waals surface area contributed by atoms with Gasteiger partial charge >= 0.3 is 0 Å². The van der Waals surface area contributed by atoms with E-state index in [4.69, 9.17) is 0 Å². The molecule has 1 atom stereocenters. The maximum atomic E-state index is 12.9. The van der Waals surface area contributed by atoms with E-state index in [0.29, 0.717) is 30.8 Å². The lowest BCUT2D eigenvalue weighted by atomic mass is 10.1. The lowest BCUT2D eigenvalue weighted by molar-refractivity contribution is 0.0644. The number of carbonyl (C=O) groups excluding carboxylic acids is 1. The molecule has 1 amide bonds. The third-order valence-electron chi connectivity index (χ3n) is 5.10. The van der Waals surface area contributed by atoms with Crippen LogP contribution in [0.25, 0.3) is 0 Å². The van der Waals surface area contributed by atoms with Crippen molar-refractivity contribution in [1.29, 1.82) is 0 Å². The molecule has 0 N–H and O–H groups in total. The first-order chi connectivity index (χ1) is 12.0. The summed E-state index contributed by atoms with van der Waals surface area (Å²) in [4.78, 5) is 14.8. The van der Waals surface area contributed by atoms with Gasteiger partial charge in [-0.3, -0.25) is 9.10 Å². The Morgan fingerprint density at radius 2 is 1.84 bits per heavy atom. The summed E-state index contributed by atoms with van der Waals surface area (Å²) in [6.07, 6.45) is 2.69. The largest absolute Gasteiger partial charge is 0.348 e. The van der Waals surface area contributed by atoms with E-state index in [1.807, 2.05) is 30.2 Å². The summed E-state index contributed by atoms with van der Waals surface area (Å²) in [6.45, 7) is 4.01. The van der Waals surface area contributed by atoms with E-state index < -0.39 is 10.0 Å². The van der Waals surface area contributed by atoms with Gasteiger partial charge in [0.25, 0.3) is 5.91 Å². The second kappa shape index (κ2) is 5.91. The standard InChI is InChI=1S/C18H21N3O3S/c1-14-17-4-2-9-19(17)11-12-20(14)18(22)15-5-7-16(8-6-15)21-10-3-13-25(21,23)24/h2,4-9,14H,3,10-13H2,1H3. The molecule has 0 bridgehead atoms. The van der Waals surface area contributed by atoms with E-state index in [0.717, 1.165) is 12.2 Å². The minimum atomic E-state index is -3.19. The number of carbonyl (C=O) groups is 1. The molecule has 4 rings (SSSR count). The molecule has 7 heteroatoms. The Balaban J connectivity index is 1.56. The van der Waals surface area contributed by atoms with Crippen molar-refractivity contribution in [2.24, 2.45) is 0 Å². The zero-order valence-electron chi connectivity index (χ0n) is 14.1. The molecule has 1 unspecified atom stereocenters. The minimum Gasteiger partial charge on any atom is -0.348 e. The molecule has 6 nitrogen and oxygen atoms in total. The van der Waals surface area contributed by atoms with Crippen molar-refractivity contribution in [2.75, 3.05) is 23.1 Å². The molecule has 1 saturated heterocycles. The molecule has 0 radical (unpaired) electrons. The van der Waals surface area contributed by atoms with Crippen LogP contribution in [0.5, 0.6) is 0 Å². The van der Waals surface area contributed by atoms with Crippen LogP contribution < -0.4 is 4.31 Å². The van der Waals surface area contributed by atoms with Crippen LogP contribution in [0.15, 0.2) is 42.6 Å². The van der Waals surface area contributed by atoms with Gasteiger partial charge in [-0.2, -0.15) is 0 Å². The average molecular weight is 359 g/mol. The highest BCUT2D eigenvalue weighted by Gasteiger charge is 2.30. The summed E-state index contributed by atoms with van der Waals surface area (Å²) in [5, 5.41) is 0. The highest BCUT2D eigenvalue weighted by Crippen LogP contribution is 2.28. The van der Waals surface area contributed by atoms with Crippen LogP contribution in [0, 0.1) is 0 Å². The number of amides is 1. The summed E-state index contributed by atoms with van der Waals surface area (Å²) in [6, 6.07) is 11.0. The topological polar surface area (TPSA) is 62.6 Å². The smallest absolute Gasteiger partial charge is 0.254 e. The van der Waals surface area contributed by atoms with Gasteiger partial charge in [-0.15, -0.1) is 0 Å². The molecule has 1 aromatic heterocycles. The van der Waals surface area contributed by atoms with Crippen LogP contribution >= 0.6 is 0 Å². The molecule has 2 aromatic rings. The van der Waals surface area contributed by atoms with E-state index in [2.05, 4.69) is 4.57 Å². The van der Waals surface area contributed by atoms with E-state index >= 15 is 0 Å². The first-order valence-electron chi connectivity index (χ1n) is 8.54. The minimum absolute atomic E-state index is 0.0178. The van der Waals surface area contributed by atoms with Gasteiger partial charge in [0.05, 0.1) is 17.5 Å². The number of sulfonamides is 1. The van der Waals surface area contributed by atoms with Crippen LogP contribution in [0.1, 0.15) is 35.4 Å². The Hall–Kier alpha value is -2.28. The quantitative estimate of drug-likeness (QED) is 0.826. The number of rotatable bonds is 2. The van der Waals surface area contributed by atoms with E-state index in [-0.39, 0.29) is 17.7 Å². The Bertz CT molecular complexity index is 902. The molecular formula is C18H21N3O3S. The van der Waals surface area contributed by atoms with Gasteiger partial charge in [0.2, 0.25) is 10.0 Å². The maximum absolute atomic E-state index is 12.9. The predicted octanol–water partition coefficient (Wildman–Crippen LogP) is 2.25. The van der Waals surface area contributed by atoms with Crippen LogP contribution in [0.4, 0.5) is 5.69 Å². The summed E-state index contributed by atoms with van der Waals surface area (Å²) >= 11 is 0. The molecule has 0 saturated carbocycles. The fourth-order valence-electron chi connectivity index (χ4n) is 3.72. The van der Waals surface area contributed by atoms with Crippen molar-refractivity contribution in [3.05, 3.63) is 53.9 Å². The zero-order valence-corrected chi connectivity index (χ0v) is 14.9. The van der Waals surface area contributed by atoms with Gasteiger partial charge in [0.1, 0.15) is 0 Å². The fourth-order valence-corrected chi connectivity index (χ4v) is 5.29. The SMILES string of the molecule is CC1c2cccn2CCN1C(=O)c1ccc(N2CCCS2(=O)=O)cc1. The average Bonchev–Trinajstić information content (AvgIpc) is 3.21. The summed E-state index contributed by atoms with van der Waals surface area (Å²) in [5.41, 5.74) is 2.36. The Kier molecular flexibility index (Phi) is 3.83. The van der Waals surface area contributed by atoms with E-state index in [1.165, 1.54) is 4.31 Å². The van der Waals surface area contributed by atoms with Crippen molar-refractivity contribution in [2.45, 2.75) is 25.9 Å². The van der Waals surface area contributed by atoms with Gasteiger partial charge in [0.15, 0.2) is 0 Å². The third kappa shape index (κ3) is 2.72. The normalized spacial score (nSPS) is 22.0. The Labute approximate surface area is 147 Å². The van der Waals surface area contributed by atoms with Crippen molar-refractivity contribution < 1.29 is 13.2 Å². The predicted molar refractivity (Wildman–Crippen MR) is 96.1 cm³/mol. The number of anilines is 1. The monoisotopic (exact) mass is 359 g/mol. The molecule has 1 fully saturated rings. The fraction of sp³-hybridized carbons (Fsp3) is 0.389. The van der Waals surface area contributed by atoms with Crippen molar-refractivity contribution in [3.8, 4) is 0 Å². The summed E-state index contributed by atoms with van der Waals surface area (Å²) < 4.78 is 27.6. The molecule has 132 valence electrons. The van der Waals surface area contributed by atoms with Crippen molar-refractivity contribution in [3.63, 3.8) is 0 Å². The van der Waals surface area contributed by atoms with Crippen LogP contribution in [0.3, 0.4) is 0 Å². The molecular weight excluding hydrogens is 338 g/mol. The number of nitrogens with zero attached hydrogens (tertiary/aromatic N) is 3. The van der Waals surface area contributed by atoms with Crippen molar-refractivity contribution >= 4 is 21.6 Å². The molecule has 3 heterocycles. The lowest BCUT2D eigenvalue weighted by Gasteiger charge is -2.35. The van der Waals surface area contributed by atoms with E-state index in [9.17, 15) is 13.2 Å². The Morgan fingerprint density at radius 1 is 1.08 bits per heavy atom. The Morgan fingerprint density at radius 3 is 2.52 bits per heavy atom. The first-order valence-corrected chi connectivity index (χ1v) is 10.1. The van der Waals surface area contributed by atoms with Crippen molar-refractivity contribution in [1.82, 2.24) is 9.47 Å². The van der Waals surface area contributed by atoms with E-state index in [1.54, 1.807) is 24.3 Å². The summed E-state index contributed by atoms with van der Waals surface area (Å²) in [5.74, 6) is 0.175. The second-order valence-corrected chi connectivity index (χ2v) is 8.60. The van der Waals surface area contributed by atoms with Gasteiger partial charge in [-0.1, -0.05) is 0 Å². The number of hydrogen-bond donors (Lipinski definition) is 0. The molecule has 0 spiro atoms. The number of aromatic nitrogens is 1. The number of benzene rings is 1. The lowest BCUT2D eigenvalue weighted by Crippen LogP contribution is -2.40. The number of hydrogen-bond acceptors (Lipinski definition) is 3. The van der Waals surface area contributed by atoms with Gasteiger partial charge in [-0.25, -0.2) is 8.42 Å². The molecule has 2 aliphatic heterocycles. The van der Waals surface area contributed by atoms with Crippen LogP contribution in [-0.2, 0) is 16.6 Å². The molecule has 2 aliphatic rings. The zero-order chi connectivity index (χ0) is 17.6. The highest BCUT2D eigenvalue weighted by molar-refractivity contribution is 7.93. The number of fused-ring (bicyclic) bond motifs is 1. The highest BCUT2D eigenvalue weighted by atomic mass is 32.2. The van der Waals surface area contributed by atoms with Crippen LogP contribution in [0.2, 0.25) is 0 Å². The molecule has 0 aliphatic carbocycles. The molecule has 1 aromatic carbocycles. The van der Waals surface area contributed by atoms with Gasteiger partial charge in [-0.05, 0) is 49.7 Å².